The van der Waals surface area contributed by atoms with Gasteiger partial charge in [0.1, 0.15) is 0 Å². The molecule has 0 saturated heterocycles. The molecule has 0 N–H and O–H groups in total. The van der Waals surface area contributed by atoms with Gasteiger partial charge in [0.2, 0.25) is 0 Å². The van der Waals surface area contributed by atoms with Crippen LogP contribution in [0.1, 0.15) is 0 Å². The van der Waals surface area contributed by atoms with Crippen LogP contribution in [0.25, 0.3) is 0 Å². The van der Waals surface area contributed by atoms with Gasteiger partial charge in [0, 0.05) is 27.2 Å². The fraction of sp³-hybridized carbons (Fsp3) is 0. The first-order chi connectivity index (χ1) is 2.00. The van der Waals surface area contributed by atoms with Crippen molar-refractivity contribution < 1.29 is 34.3 Å². The van der Waals surface area contributed by atoms with Crippen LogP contribution >= 0.6 is 0 Å². The van der Waals surface area contributed by atoms with Crippen molar-refractivity contribution in [2.24, 2.45) is 0 Å². The van der Waals surface area contributed by atoms with E-state index < -0.39 is 10.4 Å². The molecule has 0 saturated carbocycles. The van der Waals surface area contributed by atoms with Crippen molar-refractivity contribution in [3.05, 3.63) is 0 Å². The minimum absolute atomic E-state index is 0. The average Bonchev–Trinajstić information content (AvgIpc) is 0.722. The summed E-state index contributed by atoms with van der Waals surface area (Å²) in [6.45, 7) is 0. The van der Waals surface area contributed by atoms with Crippen LogP contribution in [0.3, 0.4) is 0 Å². The molecule has 41 valence electrons. The first-order valence-electron chi connectivity index (χ1n) is 0.667. The van der Waals surface area contributed by atoms with Crippen molar-refractivity contribution in [3.63, 3.8) is 0 Å². The minimum Gasteiger partial charge on any atom is -0.759 e. The van der Waals surface area contributed by atoms with E-state index in [4.69, 9.17) is 17.5 Å². The molecule has 6 heavy (non-hydrogen) atoms. The van der Waals surface area contributed by atoms with E-state index in [1.165, 1.54) is 0 Å². The van der Waals surface area contributed by atoms with Gasteiger partial charge >= 0.3 is 0 Å². The first-order valence-corrected chi connectivity index (χ1v) is 2.00. The molecule has 0 spiro atoms. The zero-order valence-electron chi connectivity index (χ0n) is 2.37. The maximum Gasteiger partial charge on any atom is 0.0311 e. The zero-order valence-corrected chi connectivity index (χ0v) is 4.23. The quantitative estimate of drug-likeness (QED) is 0.320. The molecule has 0 aliphatic carbocycles. The topological polar surface area (TPSA) is 80.3 Å². The van der Waals surface area contributed by atoms with Gasteiger partial charge in [0.15, 0.2) is 0 Å². The summed E-state index contributed by atoms with van der Waals surface area (Å²) in [5.41, 5.74) is 0. The predicted molar refractivity (Wildman–Crippen MR) is 10.5 cm³/mol. The van der Waals surface area contributed by atoms with E-state index >= 15 is 0 Å². The Morgan fingerprint density at radius 2 is 1.17 bits per heavy atom. The Hall–Kier alpha value is 0.376. The van der Waals surface area contributed by atoms with Crippen LogP contribution in [0.4, 0.5) is 0 Å². The summed E-state index contributed by atoms with van der Waals surface area (Å²) in [7, 11) is -5.17. The molecule has 0 aliphatic heterocycles. The molecule has 0 aromatic carbocycles. The molecule has 0 rings (SSSR count). The van der Waals surface area contributed by atoms with Crippen LogP contribution in [0.15, 0.2) is 0 Å². The van der Waals surface area contributed by atoms with E-state index in [9.17, 15) is 0 Å². The molecular formula is CoO4S-2. The summed E-state index contributed by atoms with van der Waals surface area (Å²) >= 11 is 0. The Labute approximate surface area is 45.3 Å². The van der Waals surface area contributed by atoms with E-state index in [1.807, 2.05) is 0 Å². The second-order valence-electron chi connectivity index (χ2n) is 0.408. The van der Waals surface area contributed by atoms with Gasteiger partial charge in [-0.2, -0.15) is 0 Å². The van der Waals surface area contributed by atoms with Gasteiger partial charge in [0.25, 0.3) is 0 Å². The van der Waals surface area contributed by atoms with E-state index in [2.05, 4.69) is 0 Å². The summed E-state index contributed by atoms with van der Waals surface area (Å²) in [5, 5.41) is 0. The van der Waals surface area contributed by atoms with Crippen LogP contribution in [-0.2, 0) is 27.2 Å². The van der Waals surface area contributed by atoms with Crippen LogP contribution in [0.2, 0.25) is 0 Å². The van der Waals surface area contributed by atoms with Crippen molar-refractivity contribution in [2.45, 2.75) is 0 Å². The summed E-state index contributed by atoms with van der Waals surface area (Å²) in [6.07, 6.45) is 0. The molecule has 4 nitrogen and oxygen atoms in total. The standard InChI is InChI=1S/Co.H2O4S/c;1-5(2,3)4/h;(H2,1,2,3,4)/p-2. The predicted octanol–water partition coefficient (Wildman–Crippen LogP) is -1.34. The van der Waals surface area contributed by atoms with Crippen LogP contribution in [-0.4, -0.2) is 17.5 Å². The molecule has 0 aromatic heterocycles. The molecule has 0 unspecified atom stereocenters. The fourth-order valence-corrected chi connectivity index (χ4v) is 0. The summed E-state index contributed by atoms with van der Waals surface area (Å²) < 4.78 is 34.1. The SMILES string of the molecule is O=S(=O)([O-])[O-].[Co]. The maximum atomic E-state index is 8.52. The van der Waals surface area contributed by atoms with Crippen molar-refractivity contribution in [3.8, 4) is 0 Å². The third-order valence-corrected chi connectivity index (χ3v) is 0. The average molecular weight is 155 g/mol. The third-order valence-electron chi connectivity index (χ3n) is 0. The largest absolute Gasteiger partial charge is 0.759 e. The molecule has 6 heteroatoms. The summed E-state index contributed by atoms with van der Waals surface area (Å²) in [5.74, 6) is 0. The van der Waals surface area contributed by atoms with E-state index in [0.29, 0.717) is 0 Å². The Bertz CT molecular complexity index is 90.7. The number of hydrogen-bond donors (Lipinski definition) is 0. The van der Waals surface area contributed by atoms with Crippen molar-refractivity contribution in [1.82, 2.24) is 0 Å². The Kier molecular flexibility index (Phi) is 4.06. The van der Waals surface area contributed by atoms with Gasteiger partial charge in [-0.1, -0.05) is 0 Å². The van der Waals surface area contributed by atoms with Gasteiger partial charge < -0.3 is 9.11 Å². The summed E-state index contributed by atoms with van der Waals surface area (Å²) in [6, 6.07) is 0. The molecular weight excluding hydrogens is 155 g/mol. The zero-order chi connectivity index (χ0) is 4.50. The third kappa shape index (κ3) is 352. The number of hydrogen-bond acceptors (Lipinski definition) is 4. The van der Waals surface area contributed by atoms with Crippen LogP contribution in [0, 0.1) is 0 Å². The molecule has 0 atom stereocenters. The van der Waals surface area contributed by atoms with Crippen molar-refractivity contribution >= 4 is 10.4 Å². The summed E-state index contributed by atoms with van der Waals surface area (Å²) in [4.78, 5) is 0. The van der Waals surface area contributed by atoms with Crippen LogP contribution < -0.4 is 0 Å². The second kappa shape index (κ2) is 2.53. The van der Waals surface area contributed by atoms with Crippen molar-refractivity contribution in [2.75, 3.05) is 0 Å². The Balaban J connectivity index is 0. The van der Waals surface area contributed by atoms with Gasteiger partial charge in [-0.15, -0.1) is 0 Å². The molecule has 0 aromatic rings. The molecule has 0 heterocycles. The van der Waals surface area contributed by atoms with Crippen molar-refractivity contribution in [1.29, 1.82) is 0 Å². The molecule has 0 bridgehead atoms. The van der Waals surface area contributed by atoms with Gasteiger partial charge in [-0.3, -0.25) is 8.42 Å². The van der Waals surface area contributed by atoms with Gasteiger partial charge in [0.05, 0.1) is 0 Å². The fourth-order valence-electron chi connectivity index (χ4n) is 0. The van der Waals surface area contributed by atoms with E-state index in [-0.39, 0.29) is 16.8 Å². The maximum absolute atomic E-state index is 8.52. The smallest absolute Gasteiger partial charge is 0.0311 e. The Morgan fingerprint density at radius 1 is 1.17 bits per heavy atom. The van der Waals surface area contributed by atoms with E-state index in [0.717, 1.165) is 0 Å². The normalized spacial score (nSPS) is 9.67. The minimum atomic E-state index is -5.17. The Morgan fingerprint density at radius 3 is 1.17 bits per heavy atom. The van der Waals surface area contributed by atoms with Crippen LogP contribution in [0.5, 0.6) is 0 Å². The monoisotopic (exact) mass is 155 g/mol. The first kappa shape index (κ1) is 9.62. The number of rotatable bonds is 0. The molecule has 0 amide bonds. The molecule has 1 radical (unpaired) electrons. The van der Waals surface area contributed by atoms with E-state index in [1.54, 1.807) is 0 Å². The van der Waals surface area contributed by atoms with Gasteiger partial charge in [-0.05, 0) is 0 Å². The molecule has 0 aliphatic rings. The second-order valence-corrected chi connectivity index (χ2v) is 1.22. The van der Waals surface area contributed by atoms with Gasteiger partial charge in [-0.25, -0.2) is 0 Å². The molecule has 0 fully saturated rings.